The Labute approximate surface area is 161 Å². The normalized spacial score (nSPS) is 16.1. The molecule has 1 heterocycles. The predicted molar refractivity (Wildman–Crippen MR) is 98.6 cm³/mol. The summed E-state index contributed by atoms with van der Waals surface area (Å²) in [6.07, 6.45) is 5.72. The van der Waals surface area contributed by atoms with Crippen LogP contribution in [0.1, 0.15) is 42.5 Å². The van der Waals surface area contributed by atoms with Crippen molar-refractivity contribution in [3.63, 3.8) is 0 Å². The molecule has 1 amide bonds. The molecule has 1 aromatic heterocycles. The number of benzene rings is 1. The summed E-state index contributed by atoms with van der Waals surface area (Å²) in [6.45, 7) is 0. The van der Waals surface area contributed by atoms with E-state index in [1.165, 1.54) is 18.7 Å². The van der Waals surface area contributed by atoms with Gasteiger partial charge in [-0.2, -0.15) is 4.98 Å². The molecule has 138 valence electrons. The van der Waals surface area contributed by atoms with Gasteiger partial charge in [0.2, 0.25) is 11.2 Å². The van der Waals surface area contributed by atoms with E-state index < -0.39 is 12.1 Å². The molecule has 0 spiro atoms. The van der Waals surface area contributed by atoms with Gasteiger partial charge in [0, 0.05) is 18.2 Å². The molecule has 0 radical (unpaired) electrons. The number of carbonyl (C=O) groups is 1. The van der Waals surface area contributed by atoms with Gasteiger partial charge in [-0.25, -0.2) is 4.98 Å². The third-order valence-corrected chi connectivity index (χ3v) is 4.89. The van der Waals surface area contributed by atoms with E-state index in [0.717, 1.165) is 25.7 Å². The summed E-state index contributed by atoms with van der Waals surface area (Å²) in [5.74, 6) is 0.260. The standard InChI is InChI=1S/C18H19Cl2N3O3/c19-14-7-6-12(26-15-8-9-21-18(20)22-15)10-13(14)17(25)23-16(24)11-4-2-1-3-5-11/h6-11,16,24H,1-5H2,(H,23,25). The second-order valence-corrected chi connectivity index (χ2v) is 6.97. The van der Waals surface area contributed by atoms with Crippen LogP contribution in [0.5, 0.6) is 11.6 Å². The van der Waals surface area contributed by atoms with Gasteiger partial charge in [0.25, 0.3) is 5.91 Å². The zero-order valence-electron chi connectivity index (χ0n) is 14.0. The van der Waals surface area contributed by atoms with Crippen LogP contribution in [0.4, 0.5) is 0 Å². The van der Waals surface area contributed by atoms with E-state index in [1.54, 1.807) is 18.2 Å². The van der Waals surface area contributed by atoms with Gasteiger partial charge in [-0.1, -0.05) is 30.9 Å². The SMILES string of the molecule is O=C(NC(O)C1CCCCC1)c1cc(Oc2ccnc(Cl)n2)ccc1Cl. The summed E-state index contributed by atoms with van der Waals surface area (Å²) >= 11 is 11.9. The minimum atomic E-state index is -0.885. The molecule has 2 N–H and O–H groups in total. The van der Waals surface area contributed by atoms with E-state index in [-0.39, 0.29) is 27.7 Å². The van der Waals surface area contributed by atoms with Gasteiger partial charge in [-0.15, -0.1) is 0 Å². The summed E-state index contributed by atoms with van der Waals surface area (Å²) < 4.78 is 5.59. The highest BCUT2D eigenvalue weighted by Gasteiger charge is 2.24. The van der Waals surface area contributed by atoms with Gasteiger partial charge in [0.15, 0.2) is 0 Å². The molecular formula is C18H19Cl2N3O3. The van der Waals surface area contributed by atoms with Crippen molar-refractivity contribution in [2.45, 2.75) is 38.3 Å². The molecule has 26 heavy (non-hydrogen) atoms. The van der Waals surface area contributed by atoms with Gasteiger partial charge in [0.1, 0.15) is 12.0 Å². The number of nitrogens with zero attached hydrogens (tertiary/aromatic N) is 2. The summed E-state index contributed by atoms with van der Waals surface area (Å²) in [7, 11) is 0. The molecule has 1 fully saturated rings. The number of hydrogen-bond donors (Lipinski definition) is 2. The van der Waals surface area contributed by atoms with Crippen LogP contribution in [0, 0.1) is 5.92 Å². The van der Waals surface area contributed by atoms with Gasteiger partial charge in [-0.05, 0) is 42.6 Å². The first-order valence-electron chi connectivity index (χ1n) is 8.48. The van der Waals surface area contributed by atoms with Crippen molar-refractivity contribution in [3.05, 3.63) is 46.3 Å². The zero-order chi connectivity index (χ0) is 18.5. The van der Waals surface area contributed by atoms with Gasteiger partial charge in [0.05, 0.1) is 10.6 Å². The molecule has 1 atom stereocenters. The van der Waals surface area contributed by atoms with Crippen LogP contribution in [0.25, 0.3) is 0 Å². The number of ether oxygens (including phenoxy) is 1. The van der Waals surface area contributed by atoms with Gasteiger partial charge < -0.3 is 15.2 Å². The Morgan fingerprint density at radius 3 is 2.73 bits per heavy atom. The molecule has 8 heteroatoms. The lowest BCUT2D eigenvalue weighted by atomic mass is 9.88. The van der Waals surface area contributed by atoms with Crippen molar-refractivity contribution in [2.75, 3.05) is 0 Å². The predicted octanol–water partition coefficient (Wildman–Crippen LogP) is 4.20. The van der Waals surface area contributed by atoms with Crippen LogP contribution in [0.15, 0.2) is 30.5 Å². The number of hydrogen-bond acceptors (Lipinski definition) is 5. The largest absolute Gasteiger partial charge is 0.439 e. The van der Waals surface area contributed by atoms with Crippen molar-refractivity contribution in [2.24, 2.45) is 5.92 Å². The summed E-state index contributed by atoms with van der Waals surface area (Å²) in [5, 5.41) is 13.3. The number of halogens is 2. The molecule has 3 rings (SSSR count). The van der Waals surface area contributed by atoms with Crippen molar-refractivity contribution < 1.29 is 14.6 Å². The first-order chi connectivity index (χ1) is 12.5. The average Bonchev–Trinajstić information content (AvgIpc) is 2.64. The van der Waals surface area contributed by atoms with Crippen LogP contribution >= 0.6 is 23.2 Å². The van der Waals surface area contributed by atoms with Crippen molar-refractivity contribution in [1.29, 1.82) is 0 Å². The maximum atomic E-state index is 12.5. The molecule has 6 nitrogen and oxygen atoms in total. The van der Waals surface area contributed by atoms with E-state index in [9.17, 15) is 9.90 Å². The fourth-order valence-electron chi connectivity index (χ4n) is 3.02. The average molecular weight is 396 g/mol. The highest BCUT2D eigenvalue weighted by atomic mass is 35.5. The third-order valence-electron chi connectivity index (χ3n) is 4.38. The maximum absolute atomic E-state index is 12.5. The first kappa shape index (κ1) is 18.9. The second kappa shape index (κ2) is 8.66. The van der Waals surface area contributed by atoms with Gasteiger partial charge >= 0.3 is 0 Å². The third kappa shape index (κ3) is 4.84. The van der Waals surface area contributed by atoms with Crippen molar-refractivity contribution in [1.82, 2.24) is 15.3 Å². The summed E-state index contributed by atoms with van der Waals surface area (Å²) in [5.41, 5.74) is 0.221. The van der Waals surface area contributed by atoms with Crippen molar-refractivity contribution in [3.8, 4) is 11.6 Å². The molecule has 0 saturated heterocycles. The van der Waals surface area contributed by atoms with Crippen LogP contribution < -0.4 is 10.1 Å². The van der Waals surface area contributed by atoms with E-state index in [4.69, 9.17) is 27.9 Å². The Bertz CT molecular complexity index is 782. The first-order valence-corrected chi connectivity index (χ1v) is 9.23. The molecule has 1 unspecified atom stereocenters. The van der Waals surface area contributed by atoms with Gasteiger partial charge in [-0.3, -0.25) is 4.79 Å². The number of aliphatic hydroxyl groups is 1. The van der Waals surface area contributed by atoms with Crippen molar-refractivity contribution >= 4 is 29.1 Å². The smallest absolute Gasteiger partial charge is 0.254 e. The Hall–Kier alpha value is -1.89. The quantitative estimate of drug-likeness (QED) is 0.585. The van der Waals surface area contributed by atoms with E-state index in [2.05, 4.69) is 15.3 Å². The van der Waals surface area contributed by atoms with E-state index in [1.807, 2.05) is 0 Å². The molecule has 0 aliphatic heterocycles. The maximum Gasteiger partial charge on any atom is 0.254 e. The fourth-order valence-corrected chi connectivity index (χ4v) is 3.36. The lowest BCUT2D eigenvalue weighted by molar-refractivity contribution is 0.0463. The Morgan fingerprint density at radius 1 is 1.23 bits per heavy atom. The number of carbonyl (C=O) groups excluding carboxylic acids is 1. The monoisotopic (exact) mass is 395 g/mol. The number of aromatic nitrogens is 2. The second-order valence-electron chi connectivity index (χ2n) is 6.22. The lowest BCUT2D eigenvalue weighted by Crippen LogP contribution is -2.41. The Morgan fingerprint density at radius 2 is 2.00 bits per heavy atom. The molecular weight excluding hydrogens is 377 g/mol. The Kier molecular flexibility index (Phi) is 6.29. The van der Waals surface area contributed by atoms with Crippen LogP contribution in [0.3, 0.4) is 0 Å². The minimum Gasteiger partial charge on any atom is -0.439 e. The highest BCUT2D eigenvalue weighted by Crippen LogP contribution is 2.28. The zero-order valence-corrected chi connectivity index (χ0v) is 15.5. The van der Waals surface area contributed by atoms with E-state index in [0.29, 0.717) is 5.75 Å². The van der Waals surface area contributed by atoms with Crippen LogP contribution in [-0.4, -0.2) is 27.2 Å². The number of rotatable bonds is 5. The molecule has 1 aliphatic rings. The molecule has 1 aromatic carbocycles. The molecule has 1 saturated carbocycles. The molecule has 2 aromatic rings. The lowest BCUT2D eigenvalue weighted by Gasteiger charge is -2.27. The van der Waals surface area contributed by atoms with Crippen LogP contribution in [0.2, 0.25) is 10.3 Å². The molecule has 1 aliphatic carbocycles. The summed E-state index contributed by atoms with van der Waals surface area (Å²) in [6, 6.07) is 6.22. The molecule has 0 bridgehead atoms. The minimum absolute atomic E-state index is 0.0602. The topological polar surface area (TPSA) is 84.3 Å². The van der Waals surface area contributed by atoms with E-state index >= 15 is 0 Å². The number of nitrogens with one attached hydrogen (secondary N) is 1. The van der Waals surface area contributed by atoms with Crippen LogP contribution in [-0.2, 0) is 0 Å². The Balaban J connectivity index is 1.71. The highest BCUT2D eigenvalue weighted by molar-refractivity contribution is 6.33. The number of amides is 1. The summed E-state index contributed by atoms with van der Waals surface area (Å²) in [4.78, 5) is 20.2. The number of aliphatic hydroxyl groups excluding tert-OH is 1. The fraction of sp³-hybridized carbons (Fsp3) is 0.389.